The van der Waals surface area contributed by atoms with Gasteiger partial charge in [0, 0.05) is 29.9 Å². The summed E-state index contributed by atoms with van der Waals surface area (Å²) in [6.07, 6.45) is -4.94. The Hall–Kier alpha value is -3.12. The van der Waals surface area contributed by atoms with Gasteiger partial charge in [0.05, 0.1) is 28.9 Å². The minimum Gasteiger partial charge on any atom is -0.462 e. The van der Waals surface area contributed by atoms with Crippen molar-refractivity contribution in [2.24, 2.45) is 0 Å². The zero-order valence-corrected chi connectivity index (χ0v) is 20.2. The largest absolute Gasteiger partial charge is 0.462 e. The van der Waals surface area contributed by atoms with Crippen molar-refractivity contribution in [2.75, 3.05) is 6.61 Å². The second kappa shape index (κ2) is 10.9. The molecule has 0 amide bonds. The molecule has 0 aliphatic heterocycles. The first-order valence-electron chi connectivity index (χ1n) is 10.4. The van der Waals surface area contributed by atoms with E-state index in [0.29, 0.717) is 10.7 Å². The summed E-state index contributed by atoms with van der Waals surface area (Å²) in [7, 11) is 0. The summed E-state index contributed by atoms with van der Waals surface area (Å²) in [6.45, 7) is -0.731. The van der Waals surface area contributed by atoms with Gasteiger partial charge in [0.2, 0.25) is 5.88 Å². The maximum Gasteiger partial charge on any atom is 0.435 e. The average molecular weight is 554 g/mol. The molecule has 0 saturated heterocycles. The smallest absolute Gasteiger partial charge is 0.435 e. The van der Waals surface area contributed by atoms with Crippen LogP contribution in [0.5, 0.6) is 5.88 Å². The molecule has 2 heterocycles. The first-order chi connectivity index (χ1) is 16.9. The van der Waals surface area contributed by atoms with E-state index in [-0.39, 0.29) is 45.7 Å². The van der Waals surface area contributed by atoms with Gasteiger partial charge in [0.25, 0.3) is 0 Å². The number of esters is 1. The van der Waals surface area contributed by atoms with Crippen molar-refractivity contribution in [2.45, 2.75) is 39.7 Å². The van der Waals surface area contributed by atoms with Crippen molar-refractivity contribution in [3.63, 3.8) is 0 Å². The number of aromatic nitrogens is 3. The highest BCUT2D eigenvalue weighted by Gasteiger charge is 2.36. The van der Waals surface area contributed by atoms with Crippen LogP contribution in [0, 0.1) is 0 Å². The van der Waals surface area contributed by atoms with Gasteiger partial charge in [-0.05, 0) is 26.0 Å². The van der Waals surface area contributed by atoms with Crippen LogP contribution in [0.4, 0.5) is 22.0 Å². The first kappa shape index (κ1) is 27.5. The van der Waals surface area contributed by atoms with Gasteiger partial charge in [0.15, 0.2) is 11.1 Å². The second-order valence-corrected chi connectivity index (χ2v) is 8.03. The highest BCUT2D eigenvalue weighted by atomic mass is 35.5. The van der Waals surface area contributed by atoms with Gasteiger partial charge in [-0.2, -0.15) is 27.1 Å². The van der Waals surface area contributed by atoms with Crippen molar-refractivity contribution < 1.29 is 36.2 Å². The molecule has 7 nitrogen and oxygen atoms in total. The number of pyridine rings is 1. The van der Waals surface area contributed by atoms with Gasteiger partial charge < -0.3 is 14.0 Å². The monoisotopic (exact) mass is 553 g/mol. The molecule has 0 spiro atoms. The third-order valence-electron chi connectivity index (χ3n) is 4.94. The quantitative estimate of drug-likeness (QED) is 0.257. The standard InChI is InChI=1S/C22H18Cl2F5N3O4/c1-3-31-12(10-32-17(36-21(25)26)9-16(30-32)22(27,28)29)8-15(33)18(20(34)35-4-2)19(31)11-5-6-13(23)14(24)7-11/h5-9,21H,3-4,10H2,1-2H3. The number of benzene rings is 1. The summed E-state index contributed by atoms with van der Waals surface area (Å²) < 4.78 is 76.5. The number of ether oxygens (including phenoxy) is 2. The van der Waals surface area contributed by atoms with Crippen LogP contribution < -0.4 is 10.2 Å². The highest BCUT2D eigenvalue weighted by molar-refractivity contribution is 6.42. The normalized spacial score (nSPS) is 11.7. The number of halogens is 7. The van der Waals surface area contributed by atoms with Crippen LogP contribution in [0.1, 0.15) is 35.6 Å². The number of hydrogen-bond donors (Lipinski definition) is 0. The molecule has 0 fully saturated rings. The number of rotatable bonds is 8. The Kier molecular flexibility index (Phi) is 8.29. The number of carbonyl (C=O) groups excluding carboxylic acids is 1. The molecule has 3 aromatic rings. The molecule has 194 valence electrons. The molecule has 2 aromatic heterocycles. The van der Waals surface area contributed by atoms with Crippen molar-refractivity contribution in [3.8, 4) is 17.1 Å². The molecule has 0 aliphatic carbocycles. The van der Waals surface area contributed by atoms with Gasteiger partial charge >= 0.3 is 18.8 Å². The number of alkyl halides is 5. The average Bonchev–Trinajstić information content (AvgIpc) is 3.17. The molecular weight excluding hydrogens is 536 g/mol. The lowest BCUT2D eigenvalue weighted by molar-refractivity contribution is -0.141. The van der Waals surface area contributed by atoms with E-state index in [4.69, 9.17) is 27.9 Å². The van der Waals surface area contributed by atoms with Crippen molar-refractivity contribution in [1.29, 1.82) is 0 Å². The summed E-state index contributed by atoms with van der Waals surface area (Å²) in [6, 6.07) is 5.65. The van der Waals surface area contributed by atoms with E-state index >= 15 is 0 Å². The molecule has 14 heteroatoms. The molecule has 0 unspecified atom stereocenters. The van der Waals surface area contributed by atoms with Crippen LogP contribution in [0.2, 0.25) is 10.0 Å². The zero-order chi connectivity index (χ0) is 26.8. The van der Waals surface area contributed by atoms with Crippen LogP contribution in [-0.4, -0.2) is 33.5 Å². The predicted molar refractivity (Wildman–Crippen MR) is 121 cm³/mol. The van der Waals surface area contributed by atoms with E-state index in [2.05, 4.69) is 9.84 Å². The summed E-state index contributed by atoms with van der Waals surface area (Å²) >= 11 is 12.1. The van der Waals surface area contributed by atoms with Gasteiger partial charge in [-0.1, -0.05) is 29.3 Å². The molecular formula is C22H18Cl2F5N3O4. The Morgan fingerprint density at radius 1 is 1.11 bits per heavy atom. The van der Waals surface area contributed by atoms with Gasteiger partial charge in [-0.3, -0.25) is 4.79 Å². The van der Waals surface area contributed by atoms with Crippen molar-refractivity contribution in [3.05, 3.63) is 67.6 Å². The Morgan fingerprint density at radius 3 is 2.36 bits per heavy atom. The highest BCUT2D eigenvalue weighted by Crippen LogP contribution is 2.33. The Morgan fingerprint density at radius 2 is 1.81 bits per heavy atom. The maximum atomic E-state index is 13.2. The fourth-order valence-corrected chi connectivity index (χ4v) is 3.82. The summed E-state index contributed by atoms with van der Waals surface area (Å²) in [5, 5.41) is 3.65. The Bertz CT molecular complexity index is 1340. The molecule has 0 radical (unpaired) electrons. The Balaban J connectivity index is 2.27. The molecule has 0 aliphatic rings. The maximum absolute atomic E-state index is 13.2. The molecule has 3 rings (SSSR count). The first-order valence-corrected chi connectivity index (χ1v) is 11.1. The summed E-state index contributed by atoms with van der Waals surface area (Å²) in [4.78, 5) is 25.8. The lowest BCUT2D eigenvalue weighted by Gasteiger charge is -2.21. The third-order valence-corrected chi connectivity index (χ3v) is 5.68. The van der Waals surface area contributed by atoms with E-state index in [0.717, 1.165) is 6.07 Å². The number of hydrogen-bond acceptors (Lipinski definition) is 5. The lowest BCUT2D eigenvalue weighted by atomic mass is 10.0. The van der Waals surface area contributed by atoms with Crippen molar-refractivity contribution >= 4 is 29.2 Å². The second-order valence-electron chi connectivity index (χ2n) is 7.22. The Labute approximate surface area is 210 Å². The molecule has 0 N–H and O–H groups in total. The minimum atomic E-state index is -4.94. The van der Waals surface area contributed by atoms with Crippen LogP contribution in [-0.2, 0) is 24.0 Å². The molecule has 36 heavy (non-hydrogen) atoms. The lowest BCUT2D eigenvalue weighted by Crippen LogP contribution is -2.26. The van der Waals surface area contributed by atoms with Gasteiger partial charge in [-0.15, -0.1) is 0 Å². The van der Waals surface area contributed by atoms with Crippen LogP contribution >= 0.6 is 23.2 Å². The number of carbonyl (C=O) groups is 1. The van der Waals surface area contributed by atoms with Crippen LogP contribution in [0.15, 0.2) is 35.1 Å². The molecule has 1 aromatic carbocycles. The van der Waals surface area contributed by atoms with Gasteiger partial charge in [-0.25, -0.2) is 9.48 Å². The van der Waals surface area contributed by atoms with E-state index < -0.39 is 42.3 Å². The topological polar surface area (TPSA) is 75.3 Å². The summed E-state index contributed by atoms with van der Waals surface area (Å²) in [5.41, 5.74) is -2.23. The zero-order valence-electron chi connectivity index (χ0n) is 18.7. The van der Waals surface area contributed by atoms with E-state index in [1.807, 2.05) is 0 Å². The fourth-order valence-electron chi connectivity index (χ4n) is 3.52. The van der Waals surface area contributed by atoms with E-state index in [1.54, 1.807) is 13.8 Å². The number of nitrogens with zero attached hydrogens (tertiary/aromatic N) is 3. The SMILES string of the molecule is CCOC(=O)c1c(-c2ccc(Cl)c(Cl)c2)n(CC)c(Cn2nc(C(F)(F)F)cc2OC(F)F)cc1=O. The minimum absolute atomic E-state index is 0.0329. The van der Waals surface area contributed by atoms with E-state index in [1.165, 1.54) is 22.8 Å². The fraction of sp³-hybridized carbons (Fsp3) is 0.318. The van der Waals surface area contributed by atoms with E-state index in [9.17, 15) is 31.5 Å². The predicted octanol–water partition coefficient (Wildman–Crippen LogP) is 5.88. The van der Waals surface area contributed by atoms with Crippen molar-refractivity contribution in [1.82, 2.24) is 14.3 Å². The van der Waals surface area contributed by atoms with Crippen LogP contribution in [0.25, 0.3) is 11.3 Å². The molecule has 0 atom stereocenters. The molecule has 0 saturated carbocycles. The summed E-state index contributed by atoms with van der Waals surface area (Å²) in [5.74, 6) is -1.80. The third kappa shape index (κ3) is 5.81. The van der Waals surface area contributed by atoms with Gasteiger partial charge in [0.1, 0.15) is 5.56 Å². The molecule has 0 bridgehead atoms. The van der Waals surface area contributed by atoms with Crippen LogP contribution in [0.3, 0.4) is 0 Å².